The number of benzene rings is 1. The molecule has 1 aliphatic rings. The van der Waals surface area contributed by atoms with Crippen LogP contribution < -0.4 is 10.1 Å². The van der Waals surface area contributed by atoms with E-state index in [1.54, 1.807) is 7.11 Å². The number of nitrogens with one attached hydrogen (secondary N) is 1. The van der Waals surface area contributed by atoms with Gasteiger partial charge in [0, 0.05) is 13.1 Å². The van der Waals surface area contributed by atoms with Gasteiger partial charge in [0.15, 0.2) is 0 Å². The van der Waals surface area contributed by atoms with E-state index in [9.17, 15) is 0 Å². The van der Waals surface area contributed by atoms with Crippen LogP contribution in [0.4, 0.5) is 0 Å². The molecule has 0 radical (unpaired) electrons. The first-order valence-corrected chi connectivity index (χ1v) is 7.06. The molecule has 0 atom stereocenters. The Bertz CT molecular complexity index is 369. The van der Waals surface area contributed by atoms with Crippen LogP contribution in [0.15, 0.2) is 24.3 Å². The second kappa shape index (κ2) is 6.24. The molecular formula is C16H25NO. The topological polar surface area (TPSA) is 21.3 Å². The number of hydrogen-bond acceptors (Lipinski definition) is 2. The van der Waals surface area contributed by atoms with Crippen LogP contribution in [-0.2, 0) is 6.54 Å². The van der Waals surface area contributed by atoms with Crippen LogP contribution in [0.5, 0.6) is 5.75 Å². The summed E-state index contributed by atoms with van der Waals surface area (Å²) >= 11 is 0. The maximum Gasteiger partial charge on any atom is 0.119 e. The lowest BCUT2D eigenvalue weighted by atomic mass is 9.76. The molecule has 0 aromatic heterocycles. The van der Waals surface area contributed by atoms with Crippen molar-refractivity contribution in [1.82, 2.24) is 5.32 Å². The molecule has 1 N–H and O–H groups in total. The third-order valence-corrected chi connectivity index (χ3v) is 4.08. The van der Waals surface area contributed by atoms with Gasteiger partial charge >= 0.3 is 0 Å². The Balaban J connectivity index is 1.80. The Labute approximate surface area is 111 Å². The van der Waals surface area contributed by atoms with Crippen LogP contribution in [0.25, 0.3) is 0 Å². The molecule has 0 amide bonds. The van der Waals surface area contributed by atoms with Crippen LogP contribution in [0.3, 0.4) is 0 Å². The minimum Gasteiger partial charge on any atom is -0.497 e. The molecule has 100 valence electrons. The summed E-state index contributed by atoms with van der Waals surface area (Å²) in [6, 6.07) is 8.30. The highest BCUT2D eigenvalue weighted by molar-refractivity contribution is 5.28. The van der Waals surface area contributed by atoms with Gasteiger partial charge in [0.1, 0.15) is 5.75 Å². The zero-order valence-electron chi connectivity index (χ0n) is 11.7. The first-order chi connectivity index (χ1) is 8.72. The SMILES string of the molecule is COc1cccc(CNCC2(C)CCCCC2)c1. The van der Waals surface area contributed by atoms with Crippen molar-refractivity contribution in [2.24, 2.45) is 5.41 Å². The molecular weight excluding hydrogens is 222 g/mol. The molecule has 0 bridgehead atoms. The largest absolute Gasteiger partial charge is 0.497 e. The highest BCUT2D eigenvalue weighted by Gasteiger charge is 2.25. The molecule has 0 aliphatic heterocycles. The molecule has 1 saturated carbocycles. The summed E-state index contributed by atoms with van der Waals surface area (Å²) in [5, 5.41) is 3.61. The average molecular weight is 247 g/mol. The highest BCUT2D eigenvalue weighted by Crippen LogP contribution is 2.34. The van der Waals surface area contributed by atoms with Gasteiger partial charge in [0.25, 0.3) is 0 Å². The maximum atomic E-state index is 5.24. The summed E-state index contributed by atoms with van der Waals surface area (Å²) in [6.45, 7) is 4.49. The molecule has 0 unspecified atom stereocenters. The molecule has 0 saturated heterocycles. The number of rotatable bonds is 5. The zero-order valence-corrected chi connectivity index (χ0v) is 11.7. The predicted octanol–water partition coefficient (Wildman–Crippen LogP) is 3.76. The van der Waals surface area contributed by atoms with E-state index in [1.807, 2.05) is 6.07 Å². The number of ether oxygens (including phenoxy) is 1. The van der Waals surface area contributed by atoms with E-state index in [-0.39, 0.29) is 0 Å². The van der Waals surface area contributed by atoms with Gasteiger partial charge in [0.05, 0.1) is 7.11 Å². The Morgan fingerprint density at radius 3 is 2.72 bits per heavy atom. The fourth-order valence-corrected chi connectivity index (χ4v) is 2.87. The Kier molecular flexibility index (Phi) is 4.65. The molecule has 0 heterocycles. The van der Waals surface area contributed by atoms with Crippen molar-refractivity contribution in [1.29, 1.82) is 0 Å². The first kappa shape index (κ1) is 13.4. The van der Waals surface area contributed by atoms with Gasteiger partial charge in [0.2, 0.25) is 0 Å². The van der Waals surface area contributed by atoms with Gasteiger partial charge < -0.3 is 10.1 Å². The van der Waals surface area contributed by atoms with E-state index >= 15 is 0 Å². The quantitative estimate of drug-likeness (QED) is 0.855. The molecule has 1 fully saturated rings. The highest BCUT2D eigenvalue weighted by atomic mass is 16.5. The van der Waals surface area contributed by atoms with Crippen LogP contribution in [0, 0.1) is 5.41 Å². The summed E-state index contributed by atoms with van der Waals surface area (Å²) in [5.74, 6) is 0.943. The molecule has 2 nitrogen and oxygen atoms in total. The Hall–Kier alpha value is -1.02. The van der Waals surface area contributed by atoms with E-state index in [4.69, 9.17) is 4.74 Å². The summed E-state index contributed by atoms with van der Waals surface area (Å²) in [7, 11) is 1.72. The van der Waals surface area contributed by atoms with E-state index in [1.165, 1.54) is 37.7 Å². The lowest BCUT2D eigenvalue weighted by Gasteiger charge is -2.33. The fourth-order valence-electron chi connectivity index (χ4n) is 2.87. The van der Waals surface area contributed by atoms with Gasteiger partial charge in [-0.25, -0.2) is 0 Å². The minimum atomic E-state index is 0.511. The van der Waals surface area contributed by atoms with Crippen molar-refractivity contribution in [2.75, 3.05) is 13.7 Å². The molecule has 0 spiro atoms. The normalized spacial score (nSPS) is 18.6. The van der Waals surface area contributed by atoms with Gasteiger partial charge in [-0.15, -0.1) is 0 Å². The fraction of sp³-hybridized carbons (Fsp3) is 0.625. The summed E-state index contributed by atoms with van der Waals surface area (Å²) in [5.41, 5.74) is 1.81. The van der Waals surface area contributed by atoms with E-state index < -0.39 is 0 Å². The number of methoxy groups -OCH3 is 1. The van der Waals surface area contributed by atoms with Crippen molar-refractivity contribution in [2.45, 2.75) is 45.6 Å². The number of hydrogen-bond donors (Lipinski definition) is 1. The molecule has 1 aliphatic carbocycles. The molecule has 1 aromatic rings. The lowest BCUT2D eigenvalue weighted by molar-refractivity contribution is 0.207. The van der Waals surface area contributed by atoms with Crippen molar-refractivity contribution in [3.8, 4) is 5.75 Å². The van der Waals surface area contributed by atoms with E-state index in [0.717, 1.165) is 18.8 Å². The van der Waals surface area contributed by atoms with Gasteiger partial charge in [-0.1, -0.05) is 38.3 Å². The average Bonchev–Trinajstić information content (AvgIpc) is 2.40. The minimum absolute atomic E-state index is 0.511. The second-order valence-electron chi connectivity index (χ2n) is 5.83. The van der Waals surface area contributed by atoms with Crippen molar-refractivity contribution >= 4 is 0 Å². The third kappa shape index (κ3) is 3.74. The van der Waals surface area contributed by atoms with Crippen LogP contribution in [0.2, 0.25) is 0 Å². The van der Waals surface area contributed by atoms with Crippen LogP contribution in [0.1, 0.15) is 44.6 Å². The van der Waals surface area contributed by atoms with Gasteiger partial charge in [-0.05, 0) is 36.0 Å². The maximum absolute atomic E-state index is 5.24. The van der Waals surface area contributed by atoms with Crippen molar-refractivity contribution in [3.63, 3.8) is 0 Å². The predicted molar refractivity (Wildman–Crippen MR) is 75.9 cm³/mol. The van der Waals surface area contributed by atoms with Crippen molar-refractivity contribution in [3.05, 3.63) is 29.8 Å². The second-order valence-corrected chi connectivity index (χ2v) is 5.83. The van der Waals surface area contributed by atoms with Crippen LogP contribution in [-0.4, -0.2) is 13.7 Å². The van der Waals surface area contributed by atoms with Crippen molar-refractivity contribution < 1.29 is 4.74 Å². The summed E-state index contributed by atoms with van der Waals surface area (Å²) in [4.78, 5) is 0. The standard InChI is InChI=1S/C16H25NO/c1-16(9-4-3-5-10-16)13-17-12-14-7-6-8-15(11-14)18-2/h6-8,11,17H,3-5,9-10,12-13H2,1-2H3. The zero-order chi connectivity index (χ0) is 12.8. The van der Waals surface area contributed by atoms with Crippen LogP contribution >= 0.6 is 0 Å². The van der Waals surface area contributed by atoms with E-state index in [2.05, 4.69) is 30.4 Å². The Morgan fingerprint density at radius 1 is 1.22 bits per heavy atom. The Morgan fingerprint density at radius 2 is 2.00 bits per heavy atom. The molecule has 18 heavy (non-hydrogen) atoms. The summed E-state index contributed by atoms with van der Waals surface area (Å²) in [6.07, 6.45) is 6.97. The summed E-state index contributed by atoms with van der Waals surface area (Å²) < 4.78 is 5.24. The van der Waals surface area contributed by atoms with E-state index in [0.29, 0.717) is 5.41 Å². The smallest absolute Gasteiger partial charge is 0.119 e. The third-order valence-electron chi connectivity index (χ3n) is 4.08. The molecule has 2 heteroatoms. The first-order valence-electron chi connectivity index (χ1n) is 7.06. The molecule has 1 aromatic carbocycles. The monoisotopic (exact) mass is 247 g/mol. The lowest BCUT2D eigenvalue weighted by Crippen LogP contribution is -2.33. The molecule has 2 rings (SSSR count). The van der Waals surface area contributed by atoms with Gasteiger partial charge in [-0.3, -0.25) is 0 Å². The van der Waals surface area contributed by atoms with Gasteiger partial charge in [-0.2, -0.15) is 0 Å².